The summed E-state index contributed by atoms with van der Waals surface area (Å²) in [6.07, 6.45) is 0. The smallest absolute Gasteiger partial charge is 0.259 e. The molecule has 1 aliphatic heterocycles. The third-order valence-electron chi connectivity index (χ3n) is 4.60. The number of rotatable bonds is 6. The number of carbonyl (C=O) groups excluding carboxylic acids is 2. The van der Waals surface area contributed by atoms with Gasteiger partial charge in [0.15, 0.2) is 0 Å². The van der Waals surface area contributed by atoms with Gasteiger partial charge in [-0.1, -0.05) is 42.5 Å². The van der Waals surface area contributed by atoms with Crippen LogP contribution in [0.4, 0.5) is 10.2 Å². The average Bonchev–Trinajstić information content (AvgIpc) is 3.30. The molecule has 1 aliphatic rings. The van der Waals surface area contributed by atoms with Crippen molar-refractivity contribution in [3.63, 3.8) is 0 Å². The molecule has 0 fully saturated rings. The number of halogens is 1. The minimum Gasteiger partial charge on any atom is -0.350 e. The second-order valence-electron chi connectivity index (χ2n) is 6.62. The number of nitrogens with one attached hydrogen (secondary N) is 2. The SMILES string of the molecule is O=C(Cn1nc2c(c1NC(=O)c1ccccc1F)CSC2)NCc1ccccc1. The van der Waals surface area contributed by atoms with E-state index in [4.69, 9.17) is 0 Å². The number of benzene rings is 2. The summed E-state index contributed by atoms with van der Waals surface area (Å²) in [5.41, 5.74) is 2.67. The molecule has 2 amide bonds. The van der Waals surface area contributed by atoms with Crippen LogP contribution in [0.5, 0.6) is 0 Å². The van der Waals surface area contributed by atoms with Crippen LogP contribution in [0.15, 0.2) is 54.6 Å². The second-order valence-corrected chi connectivity index (χ2v) is 7.61. The number of amides is 2. The normalized spacial score (nSPS) is 12.4. The molecule has 0 aliphatic carbocycles. The van der Waals surface area contributed by atoms with Crippen molar-refractivity contribution in [3.05, 3.63) is 82.8 Å². The molecule has 0 radical (unpaired) electrons. The van der Waals surface area contributed by atoms with Crippen LogP contribution in [0, 0.1) is 5.82 Å². The summed E-state index contributed by atoms with van der Waals surface area (Å²) < 4.78 is 15.5. The molecule has 0 atom stereocenters. The van der Waals surface area contributed by atoms with Crippen molar-refractivity contribution in [2.45, 2.75) is 24.6 Å². The Morgan fingerprint density at radius 3 is 2.62 bits per heavy atom. The van der Waals surface area contributed by atoms with Crippen LogP contribution in [0.1, 0.15) is 27.2 Å². The van der Waals surface area contributed by atoms with Gasteiger partial charge in [-0.2, -0.15) is 16.9 Å². The van der Waals surface area contributed by atoms with E-state index in [1.807, 2.05) is 30.3 Å². The van der Waals surface area contributed by atoms with E-state index in [0.29, 0.717) is 18.1 Å². The van der Waals surface area contributed by atoms with Crippen LogP contribution in [0.2, 0.25) is 0 Å². The van der Waals surface area contributed by atoms with Gasteiger partial charge in [0.05, 0.1) is 11.3 Å². The first-order valence-electron chi connectivity index (χ1n) is 9.14. The summed E-state index contributed by atoms with van der Waals surface area (Å²) >= 11 is 1.68. The first-order valence-corrected chi connectivity index (χ1v) is 10.3. The van der Waals surface area contributed by atoms with Gasteiger partial charge in [-0.25, -0.2) is 9.07 Å². The summed E-state index contributed by atoms with van der Waals surface area (Å²) in [6, 6.07) is 15.4. The van der Waals surface area contributed by atoms with Crippen LogP contribution in [0.3, 0.4) is 0 Å². The van der Waals surface area contributed by atoms with Crippen molar-refractivity contribution in [1.82, 2.24) is 15.1 Å². The summed E-state index contributed by atoms with van der Waals surface area (Å²) in [5, 5.41) is 10.1. The zero-order valence-corrected chi connectivity index (χ0v) is 16.3. The number of hydrogen-bond acceptors (Lipinski definition) is 4. The van der Waals surface area contributed by atoms with Crippen molar-refractivity contribution >= 4 is 29.4 Å². The topological polar surface area (TPSA) is 76.0 Å². The standard InChI is InChI=1S/C21H19FN4O2S/c22-17-9-5-4-8-15(17)21(28)24-20-16-12-29-13-18(16)25-26(20)11-19(27)23-10-14-6-2-1-3-7-14/h1-9H,10-13H2,(H,23,27)(H,24,28). The molecule has 1 aromatic heterocycles. The molecule has 2 N–H and O–H groups in total. The molecule has 0 bridgehead atoms. The molecule has 4 rings (SSSR count). The third kappa shape index (κ3) is 4.32. The van der Waals surface area contributed by atoms with E-state index in [2.05, 4.69) is 15.7 Å². The van der Waals surface area contributed by atoms with Crippen molar-refractivity contribution < 1.29 is 14.0 Å². The molecule has 8 heteroatoms. The minimum atomic E-state index is -0.595. The summed E-state index contributed by atoms with van der Waals surface area (Å²) in [5.74, 6) is 0.484. The van der Waals surface area contributed by atoms with Crippen LogP contribution in [0.25, 0.3) is 0 Å². The number of hydrogen-bond donors (Lipinski definition) is 2. The highest BCUT2D eigenvalue weighted by atomic mass is 32.2. The van der Waals surface area contributed by atoms with E-state index < -0.39 is 11.7 Å². The maximum Gasteiger partial charge on any atom is 0.259 e. The number of carbonyl (C=O) groups is 2. The van der Waals surface area contributed by atoms with Gasteiger partial charge in [-0.05, 0) is 17.7 Å². The molecular weight excluding hydrogens is 391 g/mol. The predicted octanol–water partition coefficient (Wildman–Crippen LogP) is 3.34. The van der Waals surface area contributed by atoms with Gasteiger partial charge in [0.25, 0.3) is 5.91 Å². The number of thioether (sulfide) groups is 1. The van der Waals surface area contributed by atoms with Crippen molar-refractivity contribution in [3.8, 4) is 0 Å². The molecular formula is C21H19FN4O2S. The average molecular weight is 410 g/mol. The lowest BCUT2D eigenvalue weighted by Crippen LogP contribution is -2.29. The Balaban J connectivity index is 1.50. The highest BCUT2D eigenvalue weighted by Gasteiger charge is 2.25. The fourth-order valence-corrected chi connectivity index (χ4v) is 4.16. The molecule has 0 saturated carbocycles. The Labute approximate surface area is 171 Å². The molecule has 29 heavy (non-hydrogen) atoms. The number of anilines is 1. The van der Waals surface area contributed by atoms with Gasteiger partial charge >= 0.3 is 0 Å². The lowest BCUT2D eigenvalue weighted by Gasteiger charge is -2.12. The Bertz CT molecular complexity index is 1050. The molecule has 148 valence electrons. The Morgan fingerprint density at radius 1 is 1.07 bits per heavy atom. The van der Waals surface area contributed by atoms with Gasteiger partial charge in [-0.3, -0.25) is 9.59 Å². The zero-order chi connectivity index (χ0) is 20.2. The number of aromatic nitrogens is 2. The first-order chi connectivity index (χ1) is 14.1. The molecule has 6 nitrogen and oxygen atoms in total. The van der Waals surface area contributed by atoms with Crippen molar-refractivity contribution in [2.75, 3.05) is 5.32 Å². The van der Waals surface area contributed by atoms with Crippen LogP contribution < -0.4 is 10.6 Å². The summed E-state index contributed by atoms with van der Waals surface area (Å²) in [4.78, 5) is 25.0. The van der Waals surface area contributed by atoms with E-state index >= 15 is 0 Å². The maximum atomic E-state index is 14.0. The quantitative estimate of drug-likeness (QED) is 0.654. The van der Waals surface area contributed by atoms with E-state index in [0.717, 1.165) is 22.6 Å². The number of nitrogens with zero attached hydrogens (tertiary/aromatic N) is 2. The molecule has 2 heterocycles. The molecule has 0 unspecified atom stereocenters. The van der Waals surface area contributed by atoms with Crippen molar-refractivity contribution in [2.24, 2.45) is 0 Å². The monoisotopic (exact) mass is 410 g/mol. The van der Waals surface area contributed by atoms with Gasteiger partial charge in [0, 0.05) is 23.6 Å². The van der Waals surface area contributed by atoms with Crippen LogP contribution >= 0.6 is 11.8 Å². The maximum absolute atomic E-state index is 14.0. The van der Waals surface area contributed by atoms with Crippen LogP contribution in [-0.2, 0) is 29.4 Å². The fourth-order valence-electron chi connectivity index (χ4n) is 3.13. The molecule has 3 aromatic rings. The summed E-state index contributed by atoms with van der Waals surface area (Å²) in [7, 11) is 0. The lowest BCUT2D eigenvalue weighted by atomic mass is 10.2. The van der Waals surface area contributed by atoms with Gasteiger partial charge in [0.2, 0.25) is 5.91 Å². The second kappa shape index (κ2) is 8.48. The van der Waals surface area contributed by atoms with Gasteiger partial charge in [0.1, 0.15) is 18.2 Å². The largest absolute Gasteiger partial charge is 0.350 e. The van der Waals surface area contributed by atoms with Gasteiger partial charge in [-0.15, -0.1) is 0 Å². The fraction of sp³-hybridized carbons (Fsp3) is 0.190. The van der Waals surface area contributed by atoms with E-state index in [9.17, 15) is 14.0 Å². The third-order valence-corrected chi connectivity index (χ3v) is 5.57. The molecule has 2 aromatic carbocycles. The molecule has 0 spiro atoms. The van der Waals surface area contributed by atoms with Crippen LogP contribution in [-0.4, -0.2) is 21.6 Å². The Kier molecular flexibility index (Phi) is 5.62. The Hall–Kier alpha value is -3.13. The molecule has 0 saturated heterocycles. The zero-order valence-electron chi connectivity index (χ0n) is 15.5. The van der Waals surface area contributed by atoms with E-state index in [1.54, 1.807) is 17.8 Å². The highest BCUT2D eigenvalue weighted by Crippen LogP contribution is 2.35. The highest BCUT2D eigenvalue weighted by molar-refractivity contribution is 7.98. The first kappa shape index (κ1) is 19.2. The van der Waals surface area contributed by atoms with E-state index in [-0.39, 0.29) is 18.0 Å². The van der Waals surface area contributed by atoms with E-state index in [1.165, 1.54) is 22.9 Å². The number of fused-ring (bicyclic) bond motifs is 1. The Morgan fingerprint density at radius 2 is 1.83 bits per heavy atom. The minimum absolute atomic E-state index is 0.0304. The predicted molar refractivity (Wildman–Crippen MR) is 110 cm³/mol. The summed E-state index contributed by atoms with van der Waals surface area (Å²) in [6.45, 7) is 0.380. The lowest BCUT2D eigenvalue weighted by molar-refractivity contribution is -0.122. The van der Waals surface area contributed by atoms with Gasteiger partial charge < -0.3 is 10.6 Å². The van der Waals surface area contributed by atoms with Crippen molar-refractivity contribution in [1.29, 1.82) is 0 Å².